The number of allylic oxidation sites excluding steroid dienone is 2. The fourth-order valence-corrected chi connectivity index (χ4v) is 4.39. The second-order valence-electron chi connectivity index (χ2n) is 10.3. The number of nitro benzene ring substituents is 1. The molecule has 0 saturated carbocycles. The molecule has 1 unspecified atom stereocenters. The molecule has 0 saturated heterocycles. The molecule has 0 aliphatic carbocycles. The van der Waals surface area contributed by atoms with Gasteiger partial charge in [-0.15, -0.1) is 0 Å². The van der Waals surface area contributed by atoms with E-state index in [1.165, 1.54) is 25.3 Å². The maximum Gasteiger partial charge on any atom is 0.336 e. The van der Waals surface area contributed by atoms with Crippen LogP contribution in [0.5, 0.6) is 0 Å². The lowest BCUT2D eigenvalue weighted by Crippen LogP contribution is -2.32. The summed E-state index contributed by atoms with van der Waals surface area (Å²) in [6, 6.07) is 7.58. The molecule has 1 aliphatic heterocycles. The van der Waals surface area contributed by atoms with Crippen molar-refractivity contribution in [3.8, 4) is 0 Å². The Bertz CT molecular complexity index is 1460. The van der Waals surface area contributed by atoms with E-state index < -0.39 is 28.9 Å². The molecular weight excluding hydrogens is 608 g/mol. The Hall–Kier alpha value is -4.18. The van der Waals surface area contributed by atoms with Crippen LogP contribution in [0, 0.1) is 20.8 Å². The molecule has 14 nitrogen and oxygen atoms in total. The van der Waals surface area contributed by atoms with Gasteiger partial charge in [0.25, 0.3) is 11.2 Å². The Labute approximate surface area is 266 Å². The van der Waals surface area contributed by atoms with Crippen molar-refractivity contribution in [3.05, 3.63) is 89.4 Å². The molecule has 0 spiro atoms. The van der Waals surface area contributed by atoms with Crippen LogP contribution in [0.3, 0.4) is 0 Å². The number of nitro groups is 1. The number of hydrogen-bond acceptors (Lipinski definition) is 12. The van der Waals surface area contributed by atoms with Gasteiger partial charge in [-0.1, -0.05) is 45.4 Å². The molecule has 6 N–H and O–H groups in total. The molecule has 3 rings (SSSR count). The van der Waals surface area contributed by atoms with Crippen molar-refractivity contribution in [2.75, 3.05) is 26.9 Å². The number of aryl methyl sites for hydroxylation is 1. The summed E-state index contributed by atoms with van der Waals surface area (Å²) in [6.45, 7) is 8.65. The summed E-state index contributed by atoms with van der Waals surface area (Å²) in [7, 11) is 1.22. The molecule has 0 radical (unpaired) electrons. The predicted octanol–water partition coefficient (Wildman–Crippen LogP) is 2.92. The first kappa shape index (κ1) is 38.8. The van der Waals surface area contributed by atoms with Gasteiger partial charge in [-0.3, -0.25) is 19.9 Å². The number of nitrogens with one attached hydrogen (secondary N) is 3. The zero-order valence-corrected chi connectivity index (χ0v) is 27.0. The van der Waals surface area contributed by atoms with E-state index in [2.05, 4.69) is 22.2 Å². The minimum Gasteiger partial charge on any atom is -0.466 e. The van der Waals surface area contributed by atoms with Gasteiger partial charge in [-0.05, 0) is 38.4 Å². The Morgan fingerprint density at radius 3 is 2.11 bits per heavy atom. The van der Waals surface area contributed by atoms with Crippen molar-refractivity contribution in [2.45, 2.75) is 59.5 Å². The first-order valence-corrected chi connectivity index (χ1v) is 14.5. The number of ether oxygens (including phenoxy) is 2. The molecular formula is C30H42N4O10S. The third-order valence-corrected chi connectivity index (χ3v) is 6.34. The van der Waals surface area contributed by atoms with E-state index in [0.29, 0.717) is 16.2 Å². The lowest BCUT2D eigenvalue weighted by atomic mass is 9.79. The molecule has 2 aromatic rings. The number of benzene rings is 1. The number of hydrogen-bond donors (Lipinski definition) is 6. The molecule has 0 bridgehead atoms. The summed E-state index contributed by atoms with van der Waals surface area (Å²) in [6.07, 6.45) is 0.924. The Balaban J connectivity index is 0.000000485. The van der Waals surface area contributed by atoms with E-state index in [1.54, 1.807) is 26.0 Å². The van der Waals surface area contributed by atoms with E-state index in [0.717, 1.165) is 18.5 Å². The number of rotatable bonds is 10. The van der Waals surface area contributed by atoms with Crippen molar-refractivity contribution in [1.82, 2.24) is 15.3 Å². The van der Waals surface area contributed by atoms with Gasteiger partial charge in [0, 0.05) is 34.8 Å². The highest BCUT2D eigenvalue weighted by molar-refractivity contribution is 7.71. The van der Waals surface area contributed by atoms with E-state index in [9.17, 15) is 24.5 Å². The number of aliphatic hydroxyl groups excluding tert-OH is 3. The minimum absolute atomic E-state index is 0.114. The molecule has 0 amide bonds. The molecule has 0 fully saturated rings. The van der Waals surface area contributed by atoms with Gasteiger partial charge < -0.3 is 35.1 Å². The molecule has 1 atom stereocenters. The average molecular weight is 651 g/mol. The van der Waals surface area contributed by atoms with Crippen molar-refractivity contribution >= 4 is 29.8 Å². The normalized spacial score (nSPS) is 14.2. The van der Waals surface area contributed by atoms with E-state index >= 15 is 0 Å². The highest BCUT2D eigenvalue weighted by Gasteiger charge is 2.40. The number of nitrogens with zero attached hydrogens (tertiary/aromatic N) is 1. The summed E-state index contributed by atoms with van der Waals surface area (Å²) < 4.78 is 10.7. The van der Waals surface area contributed by atoms with Crippen LogP contribution in [-0.4, -0.2) is 75.2 Å². The zero-order chi connectivity index (χ0) is 34.3. The quantitative estimate of drug-likeness (QED) is 0.0947. The fourth-order valence-electron chi connectivity index (χ4n) is 4.16. The molecule has 45 heavy (non-hydrogen) atoms. The summed E-state index contributed by atoms with van der Waals surface area (Å²) in [5.74, 6) is -2.16. The first-order valence-electron chi connectivity index (χ1n) is 14.1. The second-order valence-corrected chi connectivity index (χ2v) is 10.7. The SMILES string of the molecule is CCCc1cc(=O)[nH]c(=S)[nH]1.COC(=O)C1=C(C)NC(C)=C(C(=O)OCC(C)C)C1c1ccccc1[N+](=O)[O-].OCC(O)CO. The third-order valence-electron chi connectivity index (χ3n) is 6.13. The molecule has 1 aliphatic rings. The van der Waals surface area contributed by atoms with Gasteiger partial charge in [-0.2, -0.15) is 0 Å². The van der Waals surface area contributed by atoms with Crippen LogP contribution >= 0.6 is 12.2 Å². The first-order chi connectivity index (χ1) is 21.2. The third kappa shape index (κ3) is 12.0. The van der Waals surface area contributed by atoms with Crippen LogP contribution in [0.25, 0.3) is 0 Å². The lowest BCUT2D eigenvalue weighted by Gasteiger charge is -2.30. The maximum absolute atomic E-state index is 12.9. The highest BCUT2D eigenvalue weighted by Crippen LogP contribution is 2.42. The van der Waals surface area contributed by atoms with Gasteiger partial charge >= 0.3 is 11.9 Å². The van der Waals surface area contributed by atoms with Crippen molar-refractivity contribution < 1.29 is 39.3 Å². The number of aromatic amines is 2. The molecule has 248 valence electrons. The standard InChI is InChI=1S/C20H24N2O6.C7H10N2OS.C3H8O3/c1-11(2)10-28-20(24)17-13(4)21-12(3)16(19(23)27-5)18(17)14-8-6-7-9-15(14)22(25)26;1-2-3-5-4-6(10)9-7(11)8-5;4-1-3(6)2-5/h6-9,11,18,21H,10H2,1-5H3;4H,2-3H2,1H3,(H2,8,9,10,11);3-6H,1-2H2. The summed E-state index contributed by atoms with van der Waals surface area (Å²) in [4.78, 5) is 52.7. The Morgan fingerprint density at radius 1 is 1.07 bits per heavy atom. The number of esters is 2. The van der Waals surface area contributed by atoms with Crippen LogP contribution in [0.15, 0.2) is 57.7 Å². The number of methoxy groups -OCH3 is 1. The number of dihydropyridines is 1. The lowest BCUT2D eigenvalue weighted by molar-refractivity contribution is -0.385. The minimum atomic E-state index is -0.977. The predicted molar refractivity (Wildman–Crippen MR) is 169 cm³/mol. The van der Waals surface area contributed by atoms with Gasteiger partial charge in [-0.25, -0.2) is 9.59 Å². The van der Waals surface area contributed by atoms with Gasteiger partial charge in [0.05, 0.1) is 48.9 Å². The number of para-hydroxylation sites is 1. The van der Waals surface area contributed by atoms with Gasteiger partial charge in [0.1, 0.15) is 6.10 Å². The topological polar surface area (TPSA) is 217 Å². The summed E-state index contributed by atoms with van der Waals surface area (Å²) in [5.41, 5.74) is 2.04. The van der Waals surface area contributed by atoms with Crippen LogP contribution in [0.2, 0.25) is 0 Å². The molecule has 15 heteroatoms. The van der Waals surface area contributed by atoms with Crippen LogP contribution < -0.4 is 10.9 Å². The van der Waals surface area contributed by atoms with Gasteiger partial charge in [0.2, 0.25) is 0 Å². The largest absolute Gasteiger partial charge is 0.466 e. The van der Waals surface area contributed by atoms with E-state index in [-0.39, 0.29) is 53.7 Å². The monoisotopic (exact) mass is 650 g/mol. The zero-order valence-electron chi connectivity index (χ0n) is 26.2. The van der Waals surface area contributed by atoms with Crippen molar-refractivity contribution in [1.29, 1.82) is 0 Å². The van der Waals surface area contributed by atoms with Crippen LogP contribution in [0.4, 0.5) is 5.69 Å². The number of carbonyl (C=O) groups is 2. The molecule has 1 aromatic carbocycles. The van der Waals surface area contributed by atoms with Crippen LogP contribution in [-0.2, 0) is 25.5 Å². The number of carbonyl (C=O) groups excluding carboxylic acids is 2. The molecule has 1 aromatic heterocycles. The van der Waals surface area contributed by atoms with E-state index in [1.807, 2.05) is 13.8 Å². The second kappa shape index (κ2) is 19.3. The highest BCUT2D eigenvalue weighted by atomic mass is 32.1. The smallest absolute Gasteiger partial charge is 0.336 e. The summed E-state index contributed by atoms with van der Waals surface area (Å²) >= 11 is 4.79. The Morgan fingerprint density at radius 2 is 1.64 bits per heavy atom. The number of aromatic nitrogens is 2. The van der Waals surface area contributed by atoms with Crippen LogP contribution in [0.1, 0.15) is 58.2 Å². The van der Waals surface area contributed by atoms with Crippen molar-refractivity contribution in [2.24, 2.45) is 5.92 Å². The number of H-pyrrole nitrogens is 2. The van der Waals surface area contributed by atoms with Gasteiger partial charge in [0.15, 0.2) is 4.77 Å². The van der Waals surface area contributed by atoms with E-state index in [4.69, 9.17) is 37.0 Å². The average Bonchev–Trinajstić information content (AvgIpc) is 2.99. The number of aliphatic hydroxyl groups is 3. The summed E-state index contributed by atoms with van der Waals surface area (Å²) in [5, 5.41) is 38.6. The fraction of sp³-hybridized carbons (Fsp3) is 0.467. The molecule has 2 heterocycles. The Kier molecular flexibility index (Phi) is 16.6. The van der Waals surface area contributed by atoms with Crippen molar-refractivity contribution in [3.63, 3.8) is 0 Å². The maximum atomic E-state index is 12.9.